The summed E-state index contributed by atoms with van der Waals surface area (Å²) in [6, 6.07) is -0.188. The minimum absolute atomic E-state index is 0.123. The molecule has 1 fully saturated rings. The lowest BCUT2D eigenvalue weighted by molar-refractivity contribution is -0.145. The molecule has 134 valence electrons. The lowest BCUT2D eigenvalue weighted by Crippen LogP contribution is -2.53. The molecule has 2 rings (SSSR count). The molecule has 1 atom stereocenters. The quantitative estimate of drug-likeness (QED) is 0.850. The first-order valence-corrected chi connectivity index (χ1v) is 8.23. The molecule has 0 bridgehead atoms. The van der Waals surface area contributed by atoms with Crippen molar-refractivity contribution in [3.63, 3.8) is 0 Å². The van der Waals surface area contributed by atoms with Gasteiger partial charge in [0.1, 0.15) is 0 Å². The molecule has 3 amide bonds. The zero-order chi connectivity index (χ0) is 17.7. The van der Waals surface area contributed by atoms with Gasteiger partial charge in [0.15, 0.2) is 6.10 Å². The Hall–Kier alpha value is -2.09. The van der Waals surface area contributed by atoms with Gasteiger partial charge in [-0.1, -0.05) is 13.8 Å². The van der Waals surface area contributed by atoms with E-state index in [-0.39, 0.29) is 18.5 Å². The number of amides is 3. The van der Waals surface area contributed by atoms with Crippen molar-refractivity contribution < 1.29 is 14.3 Å². The smallest absolute Gasteiger partial charge is 0.317 e. The van der Waals surface area contributed by atoms with Crippen LogP contribution >= 0.6 is 0 Å². The van der Waals surface area contributed by atoms with Crippen molar-refractivity contribution in [1.29, 1.82) is 0 Å². The van der Waals surface area contributed by atoms with Crippen molar-refractivity contribution in [2.45, 2.75) is 33.0 Å². The summed E-state index contributed by atoms with van der Waals surface area (Å²) in [7, 11) is 3.36. The van der Waals surface area contributed by atoms with Crippen molar-refractivity contribution in [2.75, 3.05) is 33.8 Å². The zero-order valence-electron chi connectivity index (χ0n) is 14.9. The summed E-state index contributed by atoms with van der Waals surface area (Å²) in [6.07, 6.45) is 2.95. The van der Waals surface area contributed by atoms with Crippen molar-refractivity contribution in [1.82, 2.24) is 24.7 Å². The number of carbonyl (C=O) groups is 2. The van der Waals surface area contributed by atoms with Crippen LogP contribution in [0.1, 0.15) is 19.5 Å². The van der Waals surface area contributed by atoms with Gasteiger partial charge in [-0.3, -0.25) is 4.79 Å². The first-order valence-electron chi connectivity index (χ1n) is 8.23. The van der Waals surface area contributed by atoms with Gasteiger partial charge in [-0.15, -0.1) is 0 Å². The lowest BCUT2D eigenvalue weighted by atomic mass is 10.2. The van der Waals surface area contributed by atoms with Crippen LogP contribution in [0.4, 0.5) is 4.79 Å². The predicted octanol–water partition coefficient (Wildman–Crippen LogP) is 0.538. The predicted molar refractivity (Wildman–Crippen MR) is 89.3 cm³/mol. The molecular formula is C16H27N5O3. The Balaban J connectivity index is 1.88. The molecule has 0 saturated carbocycles. The second-order valence-electron chi connectivity index (χ2n) is 6.63. The van der Waals surface area contributed by atoms with Gasteiger partial charge < -0.3 is 24.4 Å². The van der Waals surface area contributed by atoms with Gasteiger partial charge in [0, 0.05) is 33.4 Å². The van der Waals surface area contributed by atoms with E-state index in [0.29, 0.717) is 25.6 Å². The number of ether oxygens (including phenoxy) is 1. The van der Waals surface area contributed by atoms with Crippen LogP contribution in [0.25, 0.3) is 0 Å². The van der Waals surface area contributed by atoms with Crippen LogP contribution in [0.3, 0.4) is 0 Å². The maximum Gasteiger partial charge on any atom is 0.317 e. The third-order valence-electron chi connectivity index (χ3n) is 3.85. The van der Waals surface area contributed by atoms with E-state index in [1.165, 1.54) is 4.90 Å². The summed E-state index contributed by atoms with van der Waals surface area (Å²) in [5.74, 6) is 0.383. The summed E-state index contributed by atoms with van der Waals surface area (Å²) in [5, 5.41) is 2.90. The first kappa shape index (κ1) is 18.3. The molecule has 24 heavy (non-hydrogen) atoms. The van der Waals surface area contributed by atoms with E-state index in [4.69, 9.17) is 4.74 Å². The molecule has 0 unspecified atom stereocenters. The average Bonchev–Trinajstić information content (AvgIpc) is 2.98. The second-order valence-corrected chi connectivity index (χ2v) is 6.63. The van der Waals surface area contributed by atoms with Crippen LogP contribution in [0.15, 0.2) is 12.5 Å². The second kappa shape index (κ2) is 8.14. The number of rotatable bonds is 5. The van der Waals surface area contributed by atoms with Gasteiger partial charge >= 0.3 is 6.03 Å². The normalized spacial score (nSPS) is 17.9. The highest BCUT2D eigenvalue weighted by molar-refractivity contribution is 5.82. The summed E-state index contributed by atoms with van der Waals surface area (Å²) < 4.78 is 7.51. The monoisotopic (exact) mass is 337 g/mol. The molecule has 1 saturated heterocycles. The number of hydrogen-bond acceptors (Lipinski definition) is 4. The van der Waals surface area contributed by atoms with Crippen LogP contribution in [0, 0.1) is 5.92 Å². The molecule has 1 aromatic heterocycles. The fraction of sp³-hybridized carbons (Fsp3) is 0.688. The van der Waals surface area contributed by atoms with Gasteiger partial charge in [-0.05, 0) is 5.92 Å². The van der Waals surface area contributed by atoms with Crippen molar-refractivity contribution >= 4 is 11.9 Å². The lowest BCUT2D eigenvalue weighted by Gasteiger charge is -2.33. The highest BCUT2D eigenvalue weighted by Gasteiger charge is 2.30. The number of morpholine rings is 1. The van der Waals surface area contributed by atoms with E-state index in [1.807, 2.05) is 4.57 Å². The third-order valence-corrected chi connectivity index (χ3v) is 3.85. The standard InChI is InChI=1S/C16H27N5O3/c1-12(2)9-21-11-17-7-13(21)8-18-16(23)20-5-6-24-14(10-20)15(22)19(3)4/h7,11-12,14H,5-6,8-10H2,1-4H3,(H,18,23)/t14-/m1/s1. The zero-order valence-corrected chi connectivity index (χ0v) is 14.9. The molecule has 1 aliphatic rings. The Morgan fingerprint density at radius 3 is 2.88 bits per heavy atom. The molecule has 0 spiro atoms. The van der Waals surface area contributed by atoms with E-state index in [9.17, 15) is 9.59 Å². The van der Waals surface area contributed by atoms with E-state index in [0.717, 1.165) is 12.2 Å². The Kier molecular flexibility index (Phi) is 6.19. The summed E-state index contributed by atoms with van der Waals surface area (Å²) in [6.45, 7) is 6.67. The first-order chi connectivity index (χ1) is 11.4. The van der Waals surface area contributed by atoms with E-state index in [2.05, 4.69) is 24.1 Å². The molecule has 2 heterocycles. The van der Waals surface area contributed by atoms with Crippen molar-refractivity contribution in [2.24, 2.45) is 5.92 Å². The fourth-order valence-corrected chi connectivity index (χ4v) is 2.60. The number of likely N-dealkylation sites (N-methyl/N-ethyl adjacent to an activating group) is 1. The largest absolute Gasteiger partial charge is 0.365 e. The molecule has 0 aromatic carbocycles. The van der Waals surface area contributed by atoms with Crippen molar-refractivity contribution in [3.05, 3.63) is 18.2 Å². The van der Waals surface area contributed by atoms with Crippen LogP contribution in [0.5, 0.6) is 0 Å². The van der Waals surface area contributed by atoms with Gasteiger partial charge in [-0.2, -0.15) is 0 Å². The SMILES string of the molecule is CC(C)Cn1cncc1CNC(=O)N1CCO[C@@H](C(=O)N(C)C)C1. The van der Waals surface area contributed by atoms with Crippen LogP contribution in [0.2, 0.25) is 0 Å². The van der Waals surface area contributed by atoms with Gasteiger partial charge in [0.05, 0.1) is 31.7 Å². The molecule has 0 radical (unpaired) electrons. The molecule has 1 aromatic rings. The highest BCUT2D eigenvalue weighted by atomic mass is 16.5. The van der Waals surface area contributed by atoms with Gasteiger partial charge in [0.2, 0.25) is 0 Å². The topological polar surface area (TPSA) is 79.7 Å². The molecule has 0 aliphatic carbocycles. The maximum atomic E-state index is 12.4. The molecule has 8 heteroatoms. The number of imidazole rings is 1. The average molecular weight is 337 g/mol. The minimum atomic E-state index is -0.592. The Labute approximate surface area is 142 Å². The van der Waals surface area contributed by atoms with Crippen molar-refractivity contribution in [3.8, 4) is 0 Å². The van der Waals surface area contributed by atoms with Crippen LogP contribution in [-0.2, 0) is 22.6 Å². The summed E-state index contributed by atoms with van der Waals surface area (Å²) >= 11 is 0. The number of nitrogens with one attached hydrogen (secondary N) is 1. The van der Waals surface area contributed by atoms with E-state index < -0.39 is 6.10 Å². The number of hydrogen-bond donors (Lipinski definition) is 1. The molecule has 1 N–H and O–H groups in total. The molecular weight excluding hydrogens is 310 g/mol. The van der Waals surface area contributed by atoms with E-state index in [1.54, 1.807) is 31.5 Å². The van der Waals surface area contributed by atoms with Crippen LogP contribution < -0.4 is 5.32 Å². The molecule has 8 nitrogen and oxygen atoms in total. The number of carbonyl (C=O) groups excluding carboxylic acids is 2. The van der Waals surface area contributed by atoms with Crippen LogP contribution in [-0.4, -0.2) is 71.2 Å². The van der Waals surface area contributed by atoms with Gasteiger partial charge in [-0.25, -0.2) is 9.78 Å². The number of aromatic nitrogens is 2. The van der Waals surface area contributed by atoms with Gasteiger partial charge in [0.25, 0.3) is 5.91 Å². The number of nitrogens with zero attached hydrogens (tertiary/aromatic N) is 4. The Morgan fingerprint density at radius 1 is 1.46 bits per heavy atom. The fourth-order valence-electron chi connectivity index (χ4n) is 2.60. The minimum Gasteiger partial charge on any atom is -0.365 e. The highest BCUT2D eigenvalue weighted by Crippen LogP contribution is 2.09. The Bertz CT molecular complexity index is 570. The summed E-state index contributed by atoms with van der Waals surface area (Å²) in [5.41, 5.74) is 0.964. The third kappa shape index (κ3) is 4.70. The Morgan fingerprint density at radius 2 is 2.21 bits per heavy atom. The molecule has 1 aliphatic heterocycles. The van der Waals surface area contributed by atoms with E-state index >= 15 is 0 Å². The maximum absolute atomic E-state index is 12.4. The summed E-state index contributed by atoms with van der Waals surface area (Å²) in [4.78, 5) is 31.6. The number of urea groups is 1.